The summed E-state index contributed by atoms with van der Waals surface area (Å²) in [6.07, 6.45) is 5.37. The molecule has 0 aliphatic carbocycles. The molecule has 8 heteroatoms. The highest BCUT2D eigenvalue weighted by Crippen LogP contribution is 2.47. The highest BCUT2D eigenvalue weighted by Gasteiger charge is 2.25. The van der Waals surface area contributed by atoms with Gasteiger partial charge in [0.05, 0.1) is 24.9 Å². The maximum Gasteiger partial charge on any atom is 0.367 e. The van der Waals surface area contributed by atoms with E-state index in [0.717, 1.165) is 31.6 Å². The third kappa shape index (κ3) is 6.67. The van der Waals surface area contributed by atoms with Crippen LogP contribution >= 0.6 is 7.60 Å². The molecular weight excluding hydrogens is 437 g/mol. The number of H-pyrrole nitrogens is 1. The average Bonchev–Trinajstić information content (AvgIpc) is 3.27. The van der Waals surface area contributed by atoms with Crippen LogP contribution in [0.25, 0.3) is 10.9 Å². The van der Waals surface area contributed by atoms with E-state index in [1.165, 1.54) is 29.4 Å². The van der Waals surface area contributed by atoms with E-state index in [2.05, 4.69) is 39.4 Å². The molecule has 2 heterocycles. The molecule has 7 nitrogen and oxygen atoms in total. The predicted molar refractivity (Wildman–Crippen MR) is 131 cm³/mol. The van der Waals surface area contributed by atoms with E-state index in [-0.39, 0.29) is 6.35 Å². The molecule has 4 rings (SSSR count). The van der Waals surface area contributed by atoms with Crippen LogP contribution in [0.5, 0.6) is 5.75 Å². The molecule has 3 aromatic rings. The Labute approximate surface area is 196 Å². The van der Waals surface area contributed by atoms with Crippen molar-refractivity contribution in [3.8, 4) is 5.75 Å². The maximum absolute atomic E-state index is 12.6. The minimum Gasteiger partial charge on any atom is -0.481 e. The summed E-state index contributed by atoms with van der Waals surface area (Å²) in [5, 5.41) is 8.32. The number of piperidine rings is 1. The molecule has 1 fully saturated rings. The number of nitrogens with zero attached hydrogens (tertiary/aromatic N) is 2. The second-order valence-electron chi connectivity index (χ2n) is 8.61. The number of fused-ring (bicyclic) bond motifs is 1. The summed E-state index contributed by atoms with van der Waals surface area (Å²) in [7, 11) is -3.23. The minimum absolute atomic E-state index is 0.0784. The Morgan fingerprint density at radius 1 is 1.12 bits per heavy atom. The van der Waals surface area contributed by atoms with Gasteiger partial charge in [0.15, 0.2) is 6.35 Å². The van der Waals surface area contributed by atoms with Crippen LogP contribution in [0.3, 0.4) is 0 Å². The van der Waals surface area contributed by atoms with Gasteiger partial charge in [-0.25, -0.2) is 0 Å². The normalized spacial score (nSPS) is 17.5. The monoisotopic (exact) mass is 471 g/mol. The summed E-state index contributed by atoms with van der Waals surface area (Å²) in [5.41, 5.74) is 3.65. The second-order valence-corrected chi connectivity index (χ2v) is 10.6. The van der Waals surface area contributed by atoms with Gasteiger partial charge in [-0.05, 0) is 81.0 Å². The van der Waals surface area contributed by atoms with Gasteiger partial charge in [-0.2, -0.15) is 5.10 Å². The standard InChI is InChI=1S/C25H34N3O4P/c1-3-31-33(29,32-4-2)19-30-24-9-5-7-22(15-24)18-28-12-6-8-21(17-28)13-20-10-11-25-23(14-20)16-26-27-25/h5,7,9-11,14-16,21H,3-4,6,8,12-13,17-19H2,1-2H3,(H,26,27)/t21-/m0/s1. The number of aromatic amines is 1. The number of ether oxygens (including phenoxy) is 1. The van der Waals surface area contributed by atoms with Gasteiger partial charge in [0, 0.05) is 18.5 Å². The Balaban J connectivity index is 1.33. The molecule has 1 N–H and O–H groups in total. The maximum atomic E-state index is 12.6. The Hall–Kier alpha value is -2.18. The van der Waals surface area contributed by atoms with Crippen molar-refractivity contribution in [2.45, 2.75) is 39.7 Å². The molecule has 1 atom stereocenters. The lowest BCUT2D eigenvalue weighted by molar-refractivity contribution is 0.167. The zero-order valence-corrected chi connectivity index (χ0v) is 20.4. The summed E-state index contributed by atoms with van der Waals surface area (Å²) >= 11 is 0. The Kier molecular flexibility index (Phi) is 8.20. The number of nitrogens with one attached hydrogen (secondary N) is 1. The van der Waals surface area contributed by atoms with E-state index in [9.17, 15) is 4.57 Å². The number of hydrogen-bond donors (Lipinski definition) is 1. The Morgan fingerprint density at radius 3 is 2.79 bits per heavy atom. The van der Waals surface area contributed by atoms with Crippen LogP contribution in [-0.2, 0) is 26.6 Å². The molecule has 1 aromatic heterocycles. The molecule has 178 valence electrons. The average molecular weight is 472 g/mol. The van der Waals surface area contributed by atoms with Crippen LogP contribution in [0, 0.1) is 5.92 Å². The van der Waals surface area contributed by atoms with Crippen molar-refractivity contribution in [3.63, 3.8) is 0 Å². The van der Waals surface area contributed by atoms with Gasteiger partial charge < -0.3 is 13.8 Å². The van der Waals surface area contributed by atoms with Gasteiger partial charge in [-0.15, -0.1) is 0 Å². The topological polar surface area (TPSA) is 76.7 Å². The molecule has 0 unspecified atom stereocenters. The largest absolute Gasteiger partial charge is 0.481 e. The van der Waals surface area contributed by atoms with E-state index < -0.39 is 7.60 Å². The fourth-order valence-corrected chi connectivity index (χ4v) is 5.88. The first-order chi connectivity index (χ1) is 16.1. The van der Waals surface area contributed by atoms with Crippen LogP contribution in [0.1, 0.15) is 37.8 Å². The lowest BCUT2D eigenvalue weighted by Gasteiger charge is -2.33. The zero-order chi connectivity index (χ0) is 23.1. The van der Waals surface area contributed by atoms with E-state index in [1.54, 1.807) is 13.8 Å². The summed E-state index contributed by atoms with van der Waals surface area (Å²) < 4.78 is 29.1. The number of rotatable bonds is 11. The SMILES string of the molecule is CCOP(=O)(COc1cccc(CN2CCC[C@@H](Cc3ccc4[nH]ncc4c3)C2)c1)OCC. The van der Waals surface area contributed by atoms with E-state index in [4.69, 9.17) is 13.8 Å². The molecule has 0 bridgehead atoms. The van der Waals surface area contributed by atoms with Crippen LogP contribution in [0.4, 0.5) is 0 Å². The number of likely N-dealkylation sites (tertiary alicyclic amines) is 1. The van der Waals surface area contributed by atoms with Crippen molar-refractivity contribution in [1.82, 2.24) is 15.1 Å². The van der Waals surface area contributed by atoms with E-state index in [0.29, 0.717) is 24.9 Å². The van der Waals surface area contributed by atoms with Crippen LogP contribution < -0.4 is 4.74 Å². The van der Waals surface area contributed by atoms with Gasteiger partial charge in [0.1, 0.15) is 5.75 Å². The Bertz CT molecular complexity index is 1080. The van der Waals surface area contributed by atoms with Crippen molar-refractivity contribution >= 4 is 18.5 Å². The van der Waals surface area contributed by atoms with Crippen molar-refractivity contribution < 1.29 is 18.3 Å². The van der Waals surface area contributed by atoms with Crippen molar-refractivity contribution in [1.29, 1.82) is 0 Å². The van der Waals surface area contributed by atoms with Crippen molar-refractivity contribution in [2.24, 2.45) is 5.92 Å². The molecule has 1 saturated heterocycles. The third-order valence-corrected chi connectivity index (χ3v) is 7.73. The fourth-order valence-electron chi connectivity index (χ4n) is 4.56. The first kappa shape index (κ1) is 24.0. The van der Waals surface area contributed by atoms with Gasteiger partial charge in [-0.1, -0.05) is 18.2 Å². The van der Waals surface area contributed by atoms with Crippen molar-refractivity contribution in [3.05, 3.63) is 59.8 Å². The zero-order valence-electron chi connectivity index (χ0n) is 19.5. The second kappa shape index (κ2) is 11.3. The summed E-state index contributed by atoms with van der Waals surface area (Å²) in [6, 6.07) is 14.6. The van der Waals surface area contributed by atoms with Crippen LogP contribution in [0.2, 0.25) is 0 Å². The number of benzene rings is 2. The van der Waals surface area contributed by atoms with Crippen LogP contribution in [-0.4, -0.2) is 47.7 Å². The molecule has 0 saturated carbocycles. The Morgan fingerprint density at radius 2 is 1.97 bits per heavy atom. The fraction of sp³-hybridized carbons (Fsp3) is 0.480. The summed E-state index contributed by atoms with van der Waals surface area (Å²) in [6.45, 7) is 7.31. The quantitative estimate of drug-likeness (QED) is 0.366. The number of hydrogen-bond acceptors (Lipinski definition) is 6. The molecule has 0 amide bonds. The van der Waals surface area contributed by atoms with E-state index in [1.807, 2.05) is 24.4 Å². The van der Waals surface area contributed by atoms with Gasteiger partial charge >= 0.3 is 7.60 Å². The molecule has 1 aliphatic heterocycles. The predicted octanol–water partition coefficient (Wildman–Crippen LogP) is 5.62. The molecule has 0 spiro atoms. The van der Waals surface area contributed by atoms with E-state index >= 15 is 0 Å². The van der Waals surface area contributed by atoms with Crippen LogP contribution in [0.15, 0.2) is 48.7 Å². The molecule has 1 aliphatic rings. The molecule has 33 heavy (non-hydrogen) atoms. The highest BCUT2D eigenvalue weighted by atomic mass is 31.2. The van der Waals surface area contributed by atoms with Gasteiger partial charge in [-0.3, -0.25) is 14.6 Å². The van der Waals surface area contributed by atoms with Gasteiger partial charge in [0.2, 0.25) is 0 Å². The first-order valence-corrected chi connectivity index (χ1v) is 13.5. The highest BCUT2D eigenvalue weighted by molar-refractivity contribution is 7.53. The first-order valence-electron chi connectivity index (χ1n) is 11.8. The number of aromatic nitrogens is 2. The molecule has 0 radical (unpaired) electrons. The van der Waals surface area contributed by atoms with Crippen molar-refractivity contribution in [2.75, 3.05) is 32.7 Å². The molecular formula is C25H34N3O4P. The molecule has 2 aromatic carbocycles. The summed E-state index contributed by atoms with van der Waals surface area (Å²) in [4.78, 5) is 2.52. The lowest BCUT2D eigenvalue weighted by atomic mass is 9.90. The smallest absolute Gasteiger partial charge is 0.367 e. The summed E-state index contributed by atoms with van der Waals surface area (Å²) in [5.74, 6) is 1.33. The lowest BCUT2D eigenvalue weighted by Crippen LogP contribution is -2.35. The third-order valence-electron chi connectivity index (χ3n) is 5.98. The van der Waals surface area contributed by atoms with Gasteiger partial charge in [0.25, 0.3) is 0 Å². The minimum atomic E-state index is -3.23.